The monoisotopic (exact) mass is 310 g/mol. The molecule has 0 aliphatic rings. The van der Waals surface area contributed by atoms with Gasteiger partial charge in [0.1, 0.15) is 0 Å². The van der Waals surface area contributed by atoms with E-state index in [1.807, 2.05) is 0 Å². The quantitative estimate of drug-likeness (QED) is 0.434. The molecular weight excluding hydrogens is 264 g/mol. The SMILES string of the molecule is CCC(C)C(C)C(C)C(C)C(C)C(C)C(C)C(C)C(C)(C)C. The van der Waals surface area contributed by atoms with Crippen molar-refractivity contribution in [1.29, 1.82) is 0 Å². The van der Waals surface area contributed by atoms with Crippen LogP contribution in [0.5, 0.6) is 0 Å². The molecule has 0 radical (unpaired) electrons. The normalized spacial score (nSPS) is 24.0. The van der Waals surface area contributed by atoms with E-state index in [0.29, 0.717) is 5.41 Å². The molecule has 0 nitrogen and oxygen atoms in total. The van der Waals surface area contributed by atoms with Crippen LogP contribution in [0, 0.1) is 52.8 Å². The molecule has 0 bridgehead atoms. The molecule has 0 saturated heterocycles. The molecule has 0 heteroatoms. The molecule has 0 aromatic rings. The summed E-state index contributed by atoms with van der Waals surface area (Å²) in [6.07, 6.45) is 1.31. The second-order valence-corrected chi connectivity index (χ2v) is 9.69. The Morgan fingerprint density at radius 3 is 1.18 bits per heavy atom. The van der Waals surface area contributed by atoms with Crippen LogP contribution in [-0.2, 0) is 0 Å². The van der Waals surface area contributed by atoms with Crippen molar-refractivity contribution < 1.29 is 0 Å². The lowest BCUT2D eigenvalue weighted by molar-refractivity contribution is 0.0715. The van der Waals surface area contributed by atoms with E-state index >= 15 is 0 Å². The van der Waals surface area contributed by atoms with E-state index in [9.17, 15) is 0 Å². The lowest BCUT2D eigenvalue weighted by atomic mass is 9.64. The molecule has 0 heterocycles. The molecular formula is C22H46. The minimum absolute atomic E-state index is 0.409. The van der Waals surface area contributed by atoms with E-state index in [1.54, 1.807) is 0 Å². The molecule has 8 atom stereocenters. The first-order valence-corrected chi connectivity index (χ1v) is 9.86. The zero-order valence-electron chi connectivity index (χ0n) is 17.8. The molecule has 134 valence electrons. The molecule has 0 rings (SSSR count). The zero-order chi connectivity index (χ0) is 17.8. The molecule has 0 saturated carbocycles. The third-order valence-corrected chi connectivity index (χ3v) is 7.84. The molecule has 0 fully saturated rings. The minimum Gasteiger partial charge on any atom is -0.0651 e. The first kappa shape index (κ1) is 22.0. The summed E-state index contributed by atoms with van der Waals surface area (Å²) >= 11 is 0. The third-order valence-electron chi connectivity index (χ3n) is 7.84. The summed E-state index contributed by atoms with van der Waals surface area (Å²) < 4.78 is 0. The Morgan fingerprint density at radius 1 is 0.545 bits per heavy atom. The van der Waals surface area contributed by atoms with E-state index in [1.165, 1.54) is 6.42 Å². The number of hydrogen-bond donors (Lipinski definition) is 0. The average molecular weight is 311 g/mol. The van der Waals surface area contributed by atoms with Crippen molar-refractivity contribution in [3.63, 3.8) is 0 Å². The van der Waals surface area contributed by atoms with Gasteiger partial charge in [-0.15, -0.1) is 0 Å². The van der Waals surface area contributed by atoms with Gasteiger partial charge in [-0.1, -0.05) is 89.5 Å². The van der Waals surface area contributed by atoms with E-state index in [-0.39, 0.29) is 0 Å². The number of rotatable bonds is 8. The van der Waals surface area contributed by atoms with Crippen molar-refractivity contribution in [2.75, 3.05) is 0 Å². The van der Waals surface area contributed by atoms with Gasteiger partial charge in [-0.2, -0.15) is 0 Å². The predicted molar refractivity (Wildman–Crippen MR) is 103 cm³/mol. The average Bonchev–Trinajstić information content (AvgIpc) is 2.47. The van der Waals surface area contributed by atoms with Crippen LogP contribution in [-0.4, -0.2) is 0 Å². The molecule has 0 N–H and O–H groups in total. The predicted octanol–water partition coefficient (Wildman–Crippen LogP) is 7.53. The van der Waals surface area contributed by atoms with Crippen LogP contribution >= 0.6 is 0 Å². The summed E-state index contributed by atoms with van der Waals surface area (Å²) in [6.45, 7) is 29.3. The Morgan fingerprint density at radius 2 is 0.864 bits per heavy atom. The molecule has 0 aromatic carbocycles. The Kier molecular flexibility index (Phi) is 8.74. The molecule has 8 unspecified atom stereocenters. The fourth-order valence-corrected chi connectivity index (χ4v) is 4.05. The lowest BCUT2D eigenvalue weighted by Crippen LogP contribution is -2.35. The highest BCUT2D eigenvalue weighted by Crippen LogP contribution is 2.42. The van der Waals surface area contributed by atoms with Gasteiger partial charge in [0.2, 0.25) is 0 Å². The second-order valence-electron chi connectivity index (χ2n) is 9.69. The molecule has 0 aliphatic heterocycles. The van der Waals surface area contributed by atoms with E-state index in [4.69, 9.17) is 0 Å². The smallest absolute Gasteiger partial charge is 0.0354 e. The molecule has 0 amide bonds. The van der Waals surface area contributed by atoms with Crippen LogP contribution in [0.15, 0.2) is 0 Å². The van der Waals surface area contributed by atoms with Crippen molar-refractivity contribution in [3.8, 4) is 0 Å². The van der Waals surface area contributed by atoms with Gasteiger partial charge in [-0.05, 0) is 52.8 Å². The Labute approximate surface area is 142 Å². The summed E-state index contributed by atoms with van der Waals surface area (Å²) in [7, 11) is 0. The largest absolute Gasteiger partial charge is 0.0651 e. The summed E-state index contributed by atoms with van der Waals surface area (Å²) in [5, 5.41) is 0. The number of hydrogen-bond acceptors (Lipinski definition) is 0. The topological polar surface area (TPSA) is 0 Å². The van der Waals surface area contributed by atoms with Gasteiger partial charge in [-0.3, -0.25) is 0 Å². The van der Waals surface area contributed by atoms with Gasteiger partial charge < -0.3 is 0 Å². The third kappa shape index (κ3) is 5.57. The van der Waals surface area contributed by atoms with Crippen molar-refractivity contribution in [2.45, 2.75) is 89.5 Å². The van der Waals surface area contributed by atoms with Gasteiger partial charge in [0, 0.05) is 0 Å². The van der Waals surface area contributed by atoms with Crippen molar-refractivity contribution >= 4 is 0 Å². The maximum atomic E-state index is 2.50. The van der Waals surface area contributed by atoms with Crippen LogP contribution in [0.1, 0.15) is 89.5 Å². The van der Waals surface area contributed by atoms with Crippen LogP contribution in [0.3, 0.4) is 0 Å². The molecule has 22 heavy (non-hydrogen) atoms. The highest BCUT2D eigenvalue weighted by atomic mass is 14.4. The highest BCUT2D eigenvalue weighted by Gasteiger charge is 2.35. The van der Waals surface area contributed by atoms with Crippen molar-refractivity contribution in [2.24, 2.45) is 52.8 Å². The maximum absolute atomic E-state index is 2.50. The van der Waals surface area contributed by atoms with Crippen molar-refractivity contribution in [3.05, 3.63) is 0 Å². The summed E-state index contributed by atoms with van der Waals surface area (Å²) in [5.41, 5.74) is 0.409. The summed E-state index contributed by atoms with van der Waals surface area (Å²) in [6, 6.07) is 0. The summed E-state index contributed by atoms with van der Waals surface area (Å²) in [5.74, 6) is 6.40. The van der Waals surface area contributed by atoms with E-state index in [0.717, 1.165) is 47.3 Å². The molecule has 0 aliphatic carbocycles. The van der Waals surface area contributed by atoms with Crippen LogP contribution in [0.4, 0.5) is 0 Å². The first-order valence-electron chi connectivity index (χ1n) is 9.86. The fraction of sp³-hybridized carbons (Fsp3) is 1.00. The van der Waals surface area contributed by atoms with Gasteiger partial charge in [0.05, 0.1) is 0 Å². The Bertz CT molecular complexity index is 298. The van der Waals surface area contributed by atoms with Gasteiger partial charge in [-0.25, -0.2) is 0 Å². The van der Waals surface area contributed by atoms with Gasteiger partial charge in [0.25, 0.3) is 0 Å². The van der Waals surface area contributed by atoms with E-state index in [2.05, 4.69) is 83.1 Å². The summed E-state index contributed by atoms with van der Waals surface area (Å²) in [4.78, 5) is 0. The minimum atomic E-state index is 0.409. The Hall–Kier alpha value is 0. The van der Waals surface area contributed by atoms with E-state index < -0.39 is 0 Å². The highest BCUT2D eigenvalue weighted by molar-refractivity contribution is 4.84. The lowest BCUT2D eigenvalue weighted by Gasteiger charge is -2.42. The van der Waals surface area contributed by atoms with Crippen LogP contribution in [0.25, 0.3) is 0 Å². The van der Waals surface area contributed by atoms with Crippen molar-refractivity contribution in [1.82, 2.24) is 0 Å². The first-order chi connectivity index (χ1) is 9.86. The zero-order valence-corrected chi connectivity index (χ0v) is 17.8. The van der Waals surface area contributed by atoms with Gasteiger partial charge in [0.15, 0.2) is 0 Å². The molecule has 0 spiro atoms. The fourth-order valence-electron chi connectivity index (χ4n) is 4.05. The second kappa shape index (κ2) is 8.74. The maximum Gasteiger partial charge on any atom is -0.0354 e. The van der Waals surface area contributed by atoms with Crippen LogP contribution < -0.4 is 0 Å². The van der Waals surface area contributed by atoms with Crippen LogP contribution in [0.2, 0.25) is 0 Å². The molecule has 0 aromatic heterocycles. The van der Waals surface area contributed by atoms with Gasteiger partial charge >= 0.3 is 0 Å². The Balaban J connectivity index is 4.90. The standard InChI is InChI=1S/C22H46/c1-13-14(2)15(3)16(4)17(5)18(6)19(7)20(8)21(9)22(10,11)12/h14-21H,13H2,1-12H3.